The minimum atomic E-state index is -0.0922. The minimum absolute atomic E-state index is 0.0922. The highest BCUT2D eigenvalue weighted by Crippen LogP contribution is 2.11. The lowest BCUT2D eigenvalue weighted by atomic mass is 10.0. The van der Waals surface area contributed by atoms with Crippen LogP contribution in [-0.4, -0.2) is 56.1 Å². The summed E-state index contributed by atoms with van der Waals surface area (Å²) in [5, 5.41) is 2.90. The van der Waals surface area contributed by atoms with E-state index in [1.807, 2.05) is 4.90 Å². The fourth-order valence-electron chi connectivity index (χ4n) is 2.09. The van der Waals surface area contributed by atoms with Crippen LogP contribution in [0.1, 0.15) is 25.7 Å². The molecule has 0 atom stereocenters. The van der Waals surface area contributed by atoms with Gasteiger partial charge in [-0.1, -0.05) is 0 Å². The second-order valence-electron chi connectivity index (χ2n) is 4.55. The Kier molecular flexibility index (Phi) is 6.67. The number of methoxy groups -OCH3 is 1. The maximum atomic E-state index is 11.8. The van der Waals surface area contributed by atoms with Crippen LogP contribution in [0.2, 0.25) is 0 Å². The molecule has 3 N–H and O–H groups in total. The monoisotopic (exact) mass is 257 g/mol. The number of likely N-dealkylation sites (tertiary alicyclic amines) is 1. The molecule has 0 saturated carbocycles. The molecule has 6 heteroatoms. The Morgan fingerprint density at radius 3 is 2.61 bits per heavy atom. The predicted octanol–water partition coefficient (Wildman–Crippen LogP) is -0.521. The molecule has 104 valence electrons. The Labute approximate surface area is 108 Å². The smallest absolute Gasteiger partial charge is 0.246 e. The summed E-state index contributed by atoms with van der Waals surface area (Å²) in [6.45, 7) is 2.06. The molecule has 0 aromatic rings. The van der Waals surface area contributed by atoms with Gasteiger partial charge in [-0.15, -0.1) is 0 Å². The van der Waals surface area contributed by atoms with Crippen molar-refractivity contribution < 1.29 is 14.3 Å². The molecule has 1 saturated heterocycles. The van der Waals surface area contributed by atoms with E-state index < -0.39 is 0 Å². The van der Waals surface area contributed by atoms with Crippen molar-refractivity contribution in [3.05, 3.63) is 0 Å². The predicted molar refractivity (Wildman–Crippen MR) is 67.9 cm³/mol. The van der Waals surface area contributed by atoms with Gasteiger partial charge in [-0.05, 0) is 25.8 Å². The van der Waals surface area contributed by atoms with E-state index in [0.29, 0.717) is 26.1 Å². The normalized spacial score (nSPS) is 16.7. The second-order valence-corrected chi connectivity index (χ2v) is 4.55. The number of rotatable bonds is 6. The van der Waals surface area contributed by atoms with Gasteiger partial charge in [-0.2, -0.15) is 0 Å². The average Bonchev–Trinajstić information content (AvgIpc) is 2.37. The molecule has 0 spiro atoms. The summed E-state index contributed by atoms with van der Waals surface area (Å²) in [6, 6.07) is 0.159. The molecule has 1 aliphatic rings. The fraction of sp³-hybridized carbons (Fsp3) is 0.833. The zero-order valence-electron chi connectivity index (χ0n) is 11.0. The van der Waals surface area contributed by atoms with Gasteiger partial charge >= 0.3 is 0 Å². The largest absolute Gasteiger partial charge is 0.375 e. The highest BCUT2D eigenvalue weighted by atomic mass is 16.5. The van der Waals surface area contributed by atoms with E-state index >= 15 is 0 Å². The zero-order valence-corrected chi connectivity index (χ0v) is 11.0. The van der Waals surface area contributed by atoms with Gasteiger partial charge in [-0.25, -0.2) is 0 Å². The van der Waals surface area contributed by atoms with Gasteiger partial charge in [-0.3, -0.25) is 9.59 Å². The number of hydrogen-bond acceptors (Lipinski definition) is 4. The fourth-order valence-corrected chi connectivity index (χ4v) is 2.09. The van der Waals surface area contributed by atoms with Gasteiger partial charge in [0.05, 0.1) is 0 Å². The van der Waals surface area contributed by atoms with Gasteiger partial charge in [0.15, 0.2) is 0 Å². The van der Waals surface area contributed by atoms with Crippen molar-refractivity contribution in [2.45, 2.75) is 31.7 Å². The van der Waals surface area contributed by atoms with Gasteiger partial charge in [0.25, 0.3) is 0 Å². The number of nitrogens with one attached hydrogen (secondary N) is 1. The number of hydrogen-bond donors (Lipinski definition) is 2. The van der Waals surface area contributed by atoms with Crippen LogP contribution in [0.15, 0.2) is 0 Å². The number of amides is 2. The summed E-state index contributed by atoms with van der Waals surface area (Å²) in [4.78, 5) is 24.9. The summed E-state index contributed by atoms with van der Waals surface area (Å²) in [6.07, 6.45) is 2.88. The van der Waals surface area contributed by atoms with Gasteiger partial charge in [0.2, 0.25) is 11.8 Å². The Morgan fingerprint density at radius 2 is 2.06 bits per heavy atom. The SMILES string of the molecule is COCC(=O)NC1CCN(C(=O)CCCN)CC1. The van der Waals surface area contributed by atoms with E-state index in [4.69, 9.17) is 10.5 Å². The second kappa shape index (κ2) is 8.05. The van der Waals surface area contributed by atoms with E-state index in [1.165, 1.54) is 7.11 Å². The molecule has 1 aliphatic heterocycles. The third kappa shape index (κ3) is 5.01. The van der Waals surface area contributed by atoms with E-state index in [0.717, 1.165) is 19.3 Å². The summed E-state index contributed by atoms with van der Waals surface area (Å²) >= 11 is 0. The van der Waals surface area contributed by atoms with Crippen molar-refractivity contribution in [2.75, 3.05) is 33.4 Å². The van der Waals surface area contributed by atoms with E-state index in [2.05, 4.69) is 5.32 Å². The lowest BCUT2D eigenvalue weighted by Crippen LogP contribution is -2.47. The molecule has 0 aliphatic carbocycles. The maximum Gasteiger partial charge on any atom is 0.246 e. The van der Waals surface area contributed by atoms with Gasteiger partial charge in [0.1, 0.15) is 6.61 Å². The first-order valence-electron chi connectivity index (χ1n) is 6.43. The van der Waals surface area contributed by atoms with E-state index in [-0.39, 0.29) is 24.5 Å². The molecular weight excluding hydrogens is 234 g/mol. The van der Waals surface area contributed by atoms with Crippen molar-refractivity contribution in [2.24, 2.45) is 5.73 Å². The Balaban J connectivity index is 2.23. The highest BCUT2D eigenvalue weighted by Gasteiger charge is 2.23. The van der Waals surface area contributed by atoms with Crippen molar-refractivity contribution >= 4 is 11.8 Å². The summed E-state index contributed by atoms with van der Waals surface area (Å²) in [5.41, 5.74) is 5.38. The molecule has 0 radical (unpaired) electrons. The third-order valence-electron chi connectivity index (χ3n) is 3.08. The Hall–Kier alpha value is -1.14. The molecule has 1 heterocycles. The quantitative estimate of drug-likeness (QED) is 0.670. The first-order chi connectivity index (χ1) is 8.67. The van der Waals surface area contributed by atoms with Crippen LogP contribution in [0.5, 0.6) is 0 Å². The summed E-state index contributed by atoms with van der Waals surface area (Å²) in [5.74, 6) is 0.0764. The average molecular weight is 257 g/mol. The van der Waals surface area contributed by atoms with Gasteiger partial charge in [0, 0.05) is 32.7 Å². The number of carbonyl (C=O) groups is 2. The van der Waals surface area contributed by atoms with Crippen LogP contribution in [0.3, 0.4) is 0 Å². The van der Waals surface area contributed by atoms with Crippen molar-refractivity contribution in [3.8, 4) is 0 Å². The van der Waals surface area contributed by atoms with E-state index in [9.17, 15) is 9.59 Å². The molecule has 6 nitrogen and oxygen atoms in total. The molecule has 1 fully saturated rings. The van der Waals surface area contributed by atoms with Crippen LogP contribution >= 0.6 is 0 Å². The summed E-state index contributed by atoms with van der Waals surface area (Å²) < 4.78 is 4.76. The molecule has 0 unspecified atom stereocenters. The van der Waals surface area contributed by atoms with Crippen LogP contribution in [0, 0.1) is 0 Å². The van der Waals surface area contributed by atoms with Crippen molar-refractivity contribution in [1.82, 2.24) is 10.2 Å². The Morgan fingerprint density at radius 1 is 1.39 bits per heavy atom. The van der Waals surface area contributed by atoms with Crippen LogP contribution < -0.4 is 11.1 Å². The first kappa shape index (κ1) is 14.9. The molecular formula is C12H23N3O3. The molecule has 0 bridgehead atoms. The van der Waals surface area contributed by atoms with Crippen LogP contribution in [-0.2, 0) is 14.3 Å². The number of nitrogens with two attached hydrogens (primary N) is 1. The first-order valence-corrected chi connectivity index (χ1v) is 6.43. The molecule has 1 rings (SSSR count). The maximum absolute atomic E-state index is 11.8. The number of piperidine rings is 1. The molecule has 18 heavy (non-hydrogen) atoms. The molecule has 0 aromatic heterocycles. The third-order valence-corrected chi connectivity index (χ3v) is 3.08. The Bertz CT molecular complexity index is 276. The summed E-state index contributed by atoms with van der Waals surface area (Å²) in [7, 11) is 1.50. The van der Waals surface area contributed by atoms with Crippen molar-refractivity contribution in [1.29, 1.82) is 0 Å². The lowest BCUT2D eigenvalue weighted by molar-refractivity contribution is -0.132. The van der Waals surface area contributed by atoms with Gasteiger partial charge < -0.3 is 20.7 Å². The number of carbonyl (C=O) groups excluding carboxylic acids is 2. The number of ether oxygens (including phenoxy) is 1. The van der Waals surface area contributed by atoms with Crippen LogP contribution in [0.4, 0.5) is 0 Å². The standard InChI is InChI=1S/C12H23N3O3/c1-18-9-11(16)14-10-4-7-15(8-5-10)12(17)3-2-6-13/h10H,2-9,13H2,1H3,(H,14,16). The molecule has 0 aromatic carbocycles. The zero-order chi connectivity index (χ0) is 13.4. The topological polar surface area (TPSA) is 84.7 Å². The molecule has 2 amide bonds. The van der Waals surface area contributed by atoms with Crippen molar-refractivity contribution in [3.63, 3.8) is 0 Å². The lowest BCUT2D eigenvalue weighted by Gasteiger charge is -2.32. The highest BCUT2D eigenvalue weighted by molar-refractivity contribution is 5.78. The van der Waals surface area contributed by atoms with E-state index in [1.54, 1.807) is 0 Å². The minimum Gasteiger partial charge on any atom is -0.375 e. The van der Waals surface area contributed by atoms with Crippen LogP contribution in [0.25, 0.3) is 0 Å². The number of nitrogens with zero attached hydrogens (tertiary/aromatic N) is 1.